The SMILES string of the molecule is CC1Sc2ccc(C(=O)NCCc3ccccc3F)cc2NC1=O. The van der Waals surface area contributed by atoms with Gasteiger partial charge in [-0.15, -0.1) is 11.8 Å². The van der Waals surface area contributed by atoms with Crippen molar-refractivity contribution in [2.24, 2.45) is 0 Å². The monoisotopic (exact) mass is 344 g/mol. The summed E-state index contributed by atoms with van der Waals surface area (Å²) in [6.07, 6.45) is 0.424. The average molecular weight is 344 g/mol. The molecule has 0 fully saturated rings. The maximum atomic E-state index is 13.5. The van der Waals surface area contributed by atoms with Gasteiger partial charge in [0.2, 0.25) is 5.91 Å². The molecule has 2 N–H and O–H groups in total. The second-order valence-corrected chi connectivity index (χ2v) is 6.94. The minimum Gasteiger partial charge on any atom is -0.352 e. The zero-order valence-corrected chi connectivity index (χ0v) is 14.0. The van der Waals surface area contributed by atoms with Gasteiger partial charge >= 0.3 is 0 Å². The smallest absolute Gasteiger partial charge is 0.251 e. The van der Waals surface area contributed by atoms with E-state index >= 15 is 0 Å². The van der Waals surface area contributed by atoms with Crippen molar-refractivity contribution in [1.29, 1.82) is 0 Å². The van der Waals surface area contributed by atoms with Gasteiger partial charge in [0, 0.05) is 17.0 Å². The summed E-state index contributed by atoms with van der Waals surface area (Å²) in [5, 5.41) is 5.44. The first-order valence-corrected chi connectivity index (χ1v) is 8.56. The predicted molar refractivity (Wildman–Crippen MR) is 92.8 cm³/mol. The van der Waals surface area contributed by atoms with Crippen molar-refractivity contribution in [2.45, 2.75) is 23.5 Å². The summed E-state index contributed by atoms with van der Waals surface area (Å²) < 4.78 is 13.5. The van der Waals surface area contributed by atoms with Gasteiger partial charge in [-0.1, -0.05) is 18.2 Å². The van der Waals surface area contributed by atoms with Gasteiger partial charge in [0.1, 0.15) is 5.82 Å². The van der Waals surface area contributed by atoms with Crippen molar-refractivity contribution >= 4 is 29.3 Å². The van der Waals surface area contributed by atoms with Crippen molar-refractivity contribution in [3.8, 4) is 0 Å². The highest BCUT2D eigenvalue weighted by molar-refractivity contribution is 8.00. The molecule has 0 bridgehead atoms. The molecule has 6 heteroatoms. The lowest BCUT2D eigenvalue weighted by Gasteiger charge is -2.21. The van der Waals surface area contributed by atoms with Crippen LogP contribution in [0.4, 0.5) is 10.1 Å². The summed E-state index contributed by atoms with van der Waals surface area (Å²) in [6, 6.07) is 11.7. The number of anilines is 1. The number of hydrogen-bond donors (Lipinski definition) is 2. The molecular weight excluding hydrogens is 327 g/mol. The van der Waals surface area contributed by atoms with E-state index in [1.807, 2.05) is 13.0 Å². The number of amides is 2. The van der Waals surface area contributed by atoms with Crippen molar-refractivity contribution < 1.29 is 14.0 Å². The highest BCUT2D eigenvalue weighted by atomic mass is 32.2. The lowest BCUT2D eigenvalue weighted by molar-refractivity contribution is -0.115. The molecular formula is C18H17FN2O2S. The molecule has 1 atom stereocenters. The van der Waals surface area contributed by atoms with Crippen LogP contribution in [0.1, 0.15) is 22.8 Å². The molecule has 0 aromatic heterocycles. The Morgan fingerprint density at radius 1 is 1.29 bits per heavy atom. The van der Waals surface area contributed by atoms with Gasteiger partial charge in [0.15, 0.2) is 0 Å². The van der Waals surface area contributed by atoms with Crippen LogP contribution >= 0.6 is 11.8 Å². The number of fused-ring (bicyclic) bond motifs is 1. The van der Waals surface area contributed by atoms with Crippen molar-refractivity contribution in [3.63, 3.8) is 0 Å². The summed E-state index contributed by atoms with van der Waals surface area (Å²) in [5.41, 5.74) is 1.70. The van der Waals surface area contributed by atoms with E-state index in [9.17, 15) is 14.0 Å². The molecule has 24 heavy (non-hydrogen) atoms. The maximum absolute atomic E-state index is 13.5. The Kier molecular flexibility index (Phi) is 4.85. The first kappa shape index (κ1) is 16.5. The van der Waals surface area contributed by atoms with E-state index in [4.69, 9.17) is 0 Å². The Labute approximate surface area is 143 Å². The zero-order chi connectivity index (χ0) is 17.1. The van der Waals surface area contributed by atoms with Crippen LogP contribution in [0.2, 0.25) is 0 Å². The van der Waals surface area contributed by atoms with Gasteiger partial charge in [-0.05, 0) is 43.2 Å². The molecule has 1 aliphatic heterocycles. The number of benzene rings is 2. The summed E-state index contributed by atoms with van der Waals surface area (Å²) in [4.78, 5) is 24.9. The molecule has 0 radical (unpaired) electrons. The molecule has 3 rings (SSSR count). The summed E-state index contributed by atoms with van der Waals surface area (Å²) >= 11 is 1.47. The standard InChI is InChI=1S/C18H17FN2O2S/c1-11-17(22)21-15-10-13(6-7-16(15)24-11)18(23)20-9-8-12-4-2-3-5-14(12)19/h2-7,10-11H,8-9H2,1H3,(H,20,23)(H,21,22). The number of carbonyl (C=O) groups is 2. The molecule has 0 saturated carbocycles. The third-order valence-corrected chi connectivity index (χ3v) is 4.99. The van der Waals surface area contributed by atoms with Crippen molar-refractivity contribution in [1.82, 2.24) is 5.32 Å². The zero-order valence-electron chi connectivity index (χ0n) is 13.1. The molecule has 2 aromatic rings. The molecule has 4 nitrogen and oxygen atoms in total. The summed E-state index contributed by atoms with van der Waals surface area (Å²) in [5.74, 6) is -0.578. The predicted octanol–water partition coefficient (Wildman–Crippen LogP) is 3.23. The van der Waals surface area contributed by atoms with Crippen molar-refractivity contribution in [2.75, 3.05) is 11.9 Å². The molecule has 0 spiro atoms. The van der Waals surface area contributed by atoms with E-state index in [2.05, 4.69) is 10.6 Å². The van der Waals surface area contributed by atoms with Gasteiger partial charge in [0.25, 0.3) is 5.91 Å². The highest BCUT2D eigenvalue weighted by Gasteiger charge is 2.23. The quantitative estimate of drug-likeness (QED) is 0.895. The van der Waals surface area contributed by atoms with Gasteiger partial charge in [-0.3, -0.25) is 9.59 Å². The maximum Gasteiger partial charge on any atom is 0.251 e. The topological polar surface area (TPSA) is 58.2 Å². The van der Waals surface area contributed by atoms with Crippen LogP contribution in [0.5, 0.6) is 0 Å². The van der Waals surface area contributed by atoms with Gasteiger partial charge in [-0.2, -0.15) is 0 Å². The molecule has 2 aromatic carbocycles. The van der Waals surface area contributed by atoms with Crippen LogP contribution in [0.25, 0.3) is 0 Å². The number of hydrogen-bond acceptors (Lipinski definition) is 3. The Morgan fingerprint density at radius 3 is 2.88 bits per heavy atom. The Morgan fingerprint density at radius 2 is 2.08 bits per heavy atom. The average Bonchev–Trinajstić information content (AvgIpc) is 2.57. The van der Waals surface area contributed by atoms with E-state index in [0.717, 1.165) is 4.90 Å². The first-order valence-electron chi connectivity index (χ1n) is 7.68. The number of rotatable bonds is 4. The number of nitrogens with one attached hydrogen (secondary N) is 2. The van der Waals surface area contributed by atoms with E-state index in [1.165, 1.54) is 17.8 Å². The summed E-state index contributed by atoms with van der Waals surface area (Å²) in [6.45, 7) is 2.18. The molecule has 1 aliphatic rings. The molecule has 0 aliphatic carbocycles. The van der Waals surface area contributed by atoms with Gasteiger partial charge in [0.05, 0.1) is 10.9 Å². The Balaban J connectivity index is 1.63. The fraction of sp³-hybridized carbons (Fsp3) is 0.222. The van der Waals surface area contributed by atoms with Gasteiger partial charge in [-0.25, -0.2) is 4.39 Å². The fourth-order valence-electron chi connectivity index (χ4n) is 2.46. The third kappa shape index (κ3) is 3.59. The van der Waals surface area contributed by atoms with E-state index in [-0.39, 0.29) is 22.9 Å². The Bertz CT molecular complexity index is 794. The lowest BCUT2D eigenvalue weighted by atomic mass is 10.1. The van der Waals surface area contributed by atoms with Crippen LogP contribution in [0.3, 0.4) is 0 Å². The van der Waals surface area contributed by atoms with E-state index in [1.54, 1.807) is 30.3 Å². The van der Waals surface area contributed by atoms with Crippen LogP contribution in [0, 0.1) is 5.82 Å². The van der Waals surface area contributed by atoms with E-state index in [0.29, 0.717) is 29.8 Å². The second kappa shape index (κ2) is 7.05. The molecule has 1 heterocycles. The summed E-state index contributed by atoms with van der Waals surface area (Å²) in [7, 11) is 0. The van der Waals surface area contributed by atoms with Crippen LogP contribution in [-0.4, -0.2) is 23.6 Å². The lowest BCUT2D eigenvalue weighted by Crippen LogP contribution is -2.28. The minimum absolute atomic E-state index is 0.0652. The largest absolute Gasteiger partial charge is 0.352 e. The Hall–Kier alpha value is -2.34. The normalized spacial score (nSPS) is 16.2. The first-order chi connectivity index (χ1) is 11.5. The fourth-order valence-corrected chi connectivity index (χ4v) is 3.39. The highest BCUT2D eigenvalue weighted by Crippen LogP contribution is 2.35. The van der Waals surface area contributed by atoms with Crippen LogP contribution in [-0.2, 0) is 11.2 Å². The number of halogens is 1. The van der Waals surface area contributed by atoms with Crippen LogP contribution in [0.15, 0.2) is 47.4 Å². The van der Waals surface area contributed by atoms with E-state index < -0.39 is 0 Å². The minimum atomic E-state index is -0.269. The molecule has 0 saturated heterocycles. The molecule has 1 unspecified atom stereocenters. The third-order valence-electron chi connectivity index (χ3n) is 3.81. The van der Waals surface area contributed by atoms with Gasteiger partial charge < -0.3 is 10.6 Å². The molecule has 124 valence electrons. The number of thioether (sulfide) groups is 1. The van der Waals surface area contributed by atoms with Crippen LogP contribution < -0.4 is 10.6 Å². The second-order valence-electron chi connectivity index (χ2n) is 5.56. The number of carbonyl (C=O) groups excluding carboxylic acids is 2. The molecule has 2 amide bonds. The van der Waals surface area contributed by atoms with Crippen molar-refractivity contribution in [3.05, 3.63) is 59.4 Å².